The van der Waals surface area contributed by atoms with E-state index in [1.165, 1.54) is 37.7 Å². The van der Waals surface area contributed by atoms with Gasteiger partial charge in [-0.05, 0) is 56.9 Å². The van der Waals surface area contributed by atoms with E-state index in [4.69, 9.17) is 11.6 Å². The van der Waals surface area contributed by atoms with Crippen LogP contribution in [0.3, 0.4) is 0 Å². The smallest absolute Gasteiger partial charge is 0.149 e. The van der Waals surface area contributed by atoms with Crippen LogP contribution in [0.5, 0.6) is 0 Å². The summed E-state index contributed by atoms with van der Waals surface area (Å²) in [5.74, 6) is 0.679. The first kappa shape index (κ1) is 19.1. The summed E-state index contributed by atoms with van der Waals surface area (Å²) in [5, 5.41) is 3.90. The molecule has 3 rings (SSSR count). The fourth-order valence-corrected chi connectivity index (χ4v) is 4.05. The molecular formula is C21H29ClN4. The Hall–Kier alpha value is -1.65. The topological polar surface area (TPSA) is 41.1 Å². The molecule has 0 saturated carbocycles. The van der Waals surface area contributed by atoms with Crippen molar-refractivity contribution in [1.82, 2.24) is 14.9 Å². The fraction of sp³-hybridized carbons (Fsp3) is 0.524. The summed E-state index contributed by atoms with van der Waals surface area (Å²) in [4.78, 5) is 11.5. The molecule has 140 valence electrons. The second kappa shape index (κ2) is 8.83. The number of halogens is 1. The largest absolute Gasteiger partial charge is 0.338 e. The second-order valence-electron chi connectivity index (χ2n) is 7.38. The number of anilines is 2. The van der Waals surface area contributed by atoms with Crippen LogP contribution in [0, 0.1) is 6.92 Å². The summed E-state index contributed by atoms with van der Waals surface area (Å²) < 4.78 is 0. The number of aromatic nitrogens is 2. The van der Waals surface area contributed by atoms with Crippen LogP contribution in [-0.2, 0) is 6.54 Å². The van der Waals surface area contributed by atoms with Crippen molar-refractivity contribution in [3.05, 3.63) is 46.9 Å². The monoisotopic (exact) mass is 372 g/mol. The third-order valence-corrected chi connectivity index (χ3v) is 5.54. The Bertz CT molecular complexity index is 714. The molecule has 2 unspecified atom stereocenters. The Morgan fingerprint density at radius 2 is 2.08 bits per heavy atom. The number of nitrogens with zero attached hydrogens (tertiary/aromatic N) is 3. The van der Waals surface area contributed by atoms with Crippen LogP contribution < -0.4 is 5.32 Å². The molecule has 0 aromatic carbocycles. The van der Waals surface area contributed by atoms with Gasteiger partial charge in [0.1, 0.15) is 5.82 Å². The molecule has 0 radical (unpaired) electrons. The van der Waals surface area contributed by atoms with Crippen molar-refractivity contribution < 1.29 is 0 Å². The van der Waals surface area contributed by atoms with Gasteiger partial charge in [0.15, 0.2) is 0 Å². The summed E-state index contributed by atoms with van der Waals surface area (Å²) in [6.45, 7) is 7.51. The molecule has 1 fully saturated rings. The van der Waals surface area contributed by atoms with Gasteiger partial charge in [-0.1, -0.05) is 31.4 Å². The number of piperidine rings is 1. The van der Waals surface area contributed by atoms with Crippen LogP contribution in [-0.4, -0.2) is 27.0 Å². The summed E-state index contributed by atoms with van der Waals surface area (Å²) >= 11 is 6.50. The fourth-order valence-electron chi connectivity index (χ4n) is 3.81. The Labute approximate surface area is 162 Å². The van der Waals surface area contributed by atoms with Crippen LogP contribution >= 0.6 is 11.6 Å². The molecule has 0 bridgehead atoms. The molecule has 2 aromatic rings. The minimum atomic E-state index is 0.621. The van der Waals surface area contributed by atoms with Crippen LogP contribution in [0.25, 0.3) is 0 Å². The number of rotatable bonds is 6. The Kier molecular flexibility index (Phi) is 6.49. The van der Waals surface area contributed by atoms with E-state index in [9.17, 15) is 0 Å². The minimum absolute atomic E-state index is 0.621. The molecule has 0 spiro atoms. The average Bonchev–Trinajstić information content (AvgIpc) is 2.62. The van der Waals surface area contributed by atoms with Gasteiger partial charge in [-0.2, -0.15) is 0 Å². The molecule has 5 heteroatoms. The first-order valence-corrected chi connectivity index (χ1v) is 10.0. The van der Waals surface area contributed by atoms with Crippen molar-refractivity contribution in [2.75, 3.05) is 5.32 Å². The maximum absolute atomic E-state index is 6.50. The van der Waals surface area contributed by atoms with Crippen molar-refractivity contribution in [2.24, 2.45) is 0 Å². The molecule has 3 heterocycles. The van der Waals surface area contributed by atoms with E-state index in [-0.39, 0.29) is 0 Å². The van der Waals surface area contributed by atoms with E-state index in [2.05, 4.69) is 34.0 Å². The zero-order chi connectivity index (χ0) is 18.5. The van der Waals surface area contributed by atoms with Gasteiger partial charge in [-0.3, -0.25) is 9.88 Å². The molecular weight excluding hydrogens is 344 g/mol. The SMILES string of the molecule is CCCC1CCCC(C)N1Cc1cnc(Nc2ccc(C)nc2)c(Cl)c1. The highest BCUT2D eigenvalue weighted by Crippen LogP contribution is 2.29. The van der Waals surface area contributed by atoms with Crippen molar-refractivity contribution in [3.63, 3.8) is 0 Å². The predicted molar refractivity (Wildman–Crippen MR) is 109 cm³/mol. The third kappa shape index (κ3) is 4.74. The Morgan fingerprint density at radius 1 is 1.23 bits per heavy atom. The predicted octanol–water partition coefficient (Wildman–Crippen LogP) is 5.73. The van der Waals surface area contributed by atoms with Crippen molar-refractivity contribution >= 4 is 23.1 Å². The van der Waals surface area contributed by atoms with Gasteiger partial charge < -0.3 is 5.32 Å². The zero-order valence-electron chi connectivity index (χ0n) is 16.0. The Morgan fingerprint density at radius 3 is 2.77 bits per heavy atom. The van der Waals surface area contributed by atoms with E-state index in [0.29, 0.717) is 22.9 Å². The molecule has 1 N–H and O–H groups in total. The molecule has 2 atom stereocenters. The first-order valence-electron chi connectivity index (χ1n) is 9.66. The Balaban J connectivity index is 1.71. The van der Waals surface area contributed by atoms with Crippen LogP contribution in [0.15, 0.2) is 30.6 Å². The normalized spacial score (nSPS) is 20.9. The molecule has 0 aliphatic carbocycles. The van der Waals surface area contributed by atoms with E-state index in [1.807, 2.05) is 31.3 Å². The number of hydrogen-bond donors (Lipinski definition) is 1. The van der Waals surface area contributed by atoms with E-state index in [1.54, 1.807) is 6.20 Å². The van der Waals surface area contributed by atoms with Crippen molar-refractivity contribution in [2.45, 2.75) is 71.5 Å². The molecule has 1 aliphatic rings. The molecule has 1 saturated heterocycles. The van der Waals surface area contributed by atoms with Gasteiger partial charge in [0.05, 0.1) is 16.9 Å². The van der Waals surface area contributed by atoms with E-state index >= 15 is 0 Å². The zero-order valence-corrected chi connectivity index (χ0v) is 16.8. The lowest BCUT2D eigenvalue weighted by molar-refractivity contribution is 0.0785. The summed E-state index contributed by atoms with van der Waals surface area (Å²) in [6.07, 6.45) is 10.2. The second-order valence-corrected chi connectivity index (χ2v) is 7.79. The van der Waals surface area contributed by atoms with E-state index in [0.717, 1.165) is 17.9 Å². The summed E-state index contributed by atoms with van der Waals surface area (Å²) in [6, 6.07) is 7.30. The molecule has 4 nitrogen and oxygen atoms in total. The van der Waals surface area contributed by atoms with Gasteiger partial charge in [0.2, 0.25) is 0 Å². The minimum Gasteiger partial charge on any atom is -0.338 e. The average molecular weight is 373 g/mol. The van der Waals surface area contributed by atoms with Gasteiger partial charge >= 0.3 is 0 Å². The highest BCUT2D eigenvalue weighted by molar-refractivity contribution is 6.33. The lowest BCUT2D eigenvalue weighted by Crippen LogP contribution is -2.44. The number of hydrogen-bond acceptors (Lipinski definition) is 4. The van der Waals surface area contributed by atoms with Gasteiger partial charge in [0, 0.05) is 30.5 Å². The standard InChI is InChI=1S/C21H29ClN4/c1-4-6-19-8-5-7-16(3)26(19)14-17-11-20(22)21(24-12-17)25-18-10-9-15(2)23-13-18/h9-13,16,19H,4-8,14H2,1-3H3,(H,24,25). The van der Waals surface area contributed by atoms with Gasteiger partial charge in [-0.25, -0.2) is 4.98 Å². The van der Waals surface area contributed by atoms with Crippen LogP contribution in [0.1, 0.15) is 57.2 Å². The lowest BCUT2D eigenvalue weighted by atomic mass is 9.93. The highest BCUT2D eigenvalue weighted by atomic mass is 35.5. The summed E-state index contributed by atoms with van der Waals surface area (Å²) in [7, 11) is 0. The molecule has 2 aromatic heterocycles. The maximum atomic E-state index is 6.50. The van der Waals surface area contributed by atoms with Crippen LogP contribution in [0.4, 0.5) is 11.5 Å². The number of nitrogens with one attached hydrogen (secondary N) is 1. The van der Waals surface area contributed by atoms with Gasteiger partial charge in [-0.15, -0.1) is 0 Å². The number of aryl methyl sites for hydroxylation is 1. The molecule has 1 aliphatic heterocycles. The number of likely N-dealkylation sites (tertiary alicyclic amines) is 1. The molecule has 0 amide bonds. The summed E-state index contributed by atoms with van der Waals surface area (Å²) in [5.41, 5.74) is 3.06. The third-order valence-electron chi connectivity index (χ3n) is 5.25. The highest BCUT2D eigenvalue weighted by Gasteiger charge is 2.27. The lowest BCUT2D eigenvalue weighted by Gasteiger charge is -2.41. The van der Waals surface area contributed by atoms with Crippen molar-refractivity contribution in [3.8, 4) is 0 Å². The van der Waals surface area contributed by atoms with Gasteiger partial charge in [0.25, 0.3) is 0 Å². The first-order chi connectivity index (χ1) is 12.6. The molecule has 26 heavy (non-hydrogen) atoms. The quantitative estimate of drug-likeness (QED) is 0.703. The number of pyridine rings is 2. The maximum Gasteiger partial charge on any atom is 0.149 e. The van der Waals surface area contributed by atoms with Crippen molar-refractivity contribution in [1.29, 1.82) is 0 Å². The van der Waals surface area contributed by atoms with Crippen LogP contribution in [0.2, 0.25) is 5.02 Å². The van der Waals surface area contributed by atoms with E-state index < -0.39 is 0 Å².